The van der Waals surface area contributed by atoms with Gasteiger partial charge in [0.1, 0.15) is 5.82 Å². The molecule has 2 aliphatic rings. The summed E-state index contributed by atoms with van der Waals surface area (Å²) in [6, 6.07) is 4.00. The number of hydrogen-bond donors (Lipinski definition) is 3. The molecular formula is C18H19N5O2. The molecule has 128 valence electrons. The highest BCUT2D eigenvalue weighted by Crippen LogP contribution is 2.38. The van der Waals surface area contributed by atoms with Crippen LogP contribution in [-0.4, -0.2) is 14.5 Å². The summed E-state index contributed by atoms with van der Waals surface area (Å²) < 4.78 is 1.77. The quantitative estimate of drug-likeness (QED) is 0.731. The third-order valence-corrected chi connectivity index (χ3v) is 5.23. The van der Waals surface area contributed by atoms with E-state index in [2.05, 4.69) is 15.3 Å². The molecule has 7 nitrogen and oxygen atoms in total. The Morgan fingerprint density at radius 3 is 2.80 bits per heavy atom. The largest absolute Gasteiger partial charge is 0.367 e. The van der Waals surface area contributed by atoms with Gasteiger partial charge in [-0.25, -0.2) is 4.79 Å². The van der Waals surface area contributed by atoms with Gasteiger partial charge in [-0.15, -0.1) is 0 Å². The summed E-state index contributed by atoms with van der Waals surface area (Å²) in [4.78, 5) is 30.5. The van der Waals surface area contributed by atoms with Gasteiger partial charge in [0.25, 0.3) is 5.56 Å². The minimum atomic E-state index is -0.339. The number of anilines is 1. The predicted octanol–water partition coefficient (Wildman–Crippen LogP) is 2.27. The molecule has 3 heterocycles. The van der Waals surface area contributed by atoms with E-state index < -0.39 is 0 Å². The van der Waals surface area contributed by atoms with Crippen molar-refractivity contribution >= 4 is 5.82 Å². The van der Waals surface area contributed by atoms with Crippen LogP contribution in [0.1, 0.15) is 37.3 Å². The van der Waals surface area contributed by atoms with Crippen LogP contribution in [0.3, 0.4) is 0 Å². The molecule has 0 aromatic carbocycles. The Bertz CT molecular complexity index is 980. The van der Waals surface area contributed by atoms with E-state index >= 15 is 0 Å². The number of hydrogen-bond acceptors (Lipinski definition) is 4. The lowest BCUT2D eigenvalue weighted by atomic mass is 9.85. The molecule has 0 radical (unpaired) electrons. The smallest absolute Gasteiger partial charge is 0.329 e. The summed E-state index contributed by atoms with van der Waals surface area (Å²) in [6.45, 7) is 0.402. The monoisotopic (exact) mass is 337 g/mol. The fraction of sp³-hybridized carbons (Fsp3) is 0.389. The van der Waals surface area contributed by atoms with Gasteiger partial charge in [0.05, 0.1) is 17.3 Å². The van der Waals surface area contributed by atoms with Crippen LogP contribution < -0.4 is 16.6 Å². The molecule has 4 rings (SSSR count). The maximum absolute atomic E-state index is 12.6. The van der Waals surface area contributed by atoms with Crippen molar-refractivity contribution in [3.8, 4) is 17.3 Å². The number of allylic oxidation sites excluding steroid dienone is 2. The number of H-pyrrole nitrogens is 2. The van der Waals surface area contributed by atoms with E-state index in [1.807, 2.05) is 24.4 Å². The third-order valence-electron chi connectivity index (χ3n) is 5.23. The molecule has 2 aromatic heterocycles. The van der Waals surface area contributed by atoms with Gasteiger partial charge in [-0.1, -0.05) is 6.08 Å². The molecule has 0 saturated heterocycles. The zero-order chi connectivity index (χ0) is 17.4. The topological polar surface area (TPSA) is 106 Å². The number of fused-ring (bicyclic) bond motifs is 3. The first kappa shape index (κ1) is 15.5. The predicted molar refractivity (Wildman–Crippen MR) is 94.2 cm³/mol. The lowest BCUT2D eigenvalue weighted by Crippen LogP contribution is -2.38. The summed E-state index contributed by atoms with van der Waals surface area (Å²) in [5.41, 5.74) is 1.56. The molecule has 0 spiro atoms. The van der Waals surface area contributed by atoms with Gasteiger partial charge in [0.15, 0.2) is 0 Å². The van der Waals surface area contributed by atoms with E-state index in [9.17, 15) is 9.59 Å². The summed E-state index contributed by atoms with van der Waals surface area (Å²) in [5.74, 6) is 1.23. The number of nitrogens with zero attached hydrogens (tertiary/aromatic N) is 2. The fourth-order valence-corrected chi connectivity index (χ4v) is 4.01. The maximum Gasteiger partial charge on any atom is 0.329 e. The second-order valence-corrected chi connectivity index (χ2v) is 6.63. The molecule has 1 aliphatic carbocycles. The molecule has 0 amide bonds. The van der Waals surface area contributed by atoms with E-state index in [1.165, 1.54) is 6.08 Å². The van der Waals surface area contributed by atoms with Crippen molar-refractivity contribution in [1.29, 1.82) is 5.26 Å². The molecule has 0 atom stereocenters. The maximum atomic E-state index is 12.6. The van der Waals surface area contributed by atoms with Crippen LogP contribution in [0.2, 0.25) is 0 Å². The summed E-state index contributed by atoms with van der Waals surface area (Å²) in [6.07, 6.45) is 8.87. The number of aromatic nitrogens is 3. The Kier molecular flexibility index (Phi) is 3.80. The number of aromatic amines is 2. The van der Waals surface area contributed by atoms with Crippen LogP contribution in [0.5, 0.6) is 0 Å². The molecule has 25 heavy (non-hydrogen) atoms. The molecule has 0 bridgehead atoms. The average Bonchev–Trinajstić information content (AvgIpc) is 3.10. The lowest BCUT2D eigenvalue weighted by molar-refractivity contribution is 0.302. The van der Waals surface area contributed by atoms with Crippen molar-refractivity contribution in [2.75, 3.05) is 5.32 Å². The van der Waals surface area contributed by atoms with Crippen molar-refractivity contribution < 1.29 is 0 Å². The zero-order valence-electron chi connectivity index (χ0n) is 13.7. The molecule has 1 saturated carbocycles. The van der Waals surface area contributed by atoms with Gasteiger partial charge in [-0.05, 0) is 37.7 Å². The summed E-state index contributed by atoms with van der Waals surface area (Å²) in [5, 5.41) is 11.9. The number of nitriles is 1. The van der Waals surface area contributed by atoms with Gasteiger partial charge in [0.2, 0.25) is 0 Å². The van der Waals surface area contributed by atoms with E-state index in [-0.39, 0.29) is 17.3 Å². The minimum absolute atomic E-state index is 0.0608. The average molecular weight is 337 g/mol. The molecule has 1 aliphatic heterocycles. The molecule has 1 fully saturated rings. The third kappa shape index (κ3) is 2.60. The van der Waals surface area contributed by atoms with Crippen molar-refractivity contribution in [3.05, 3.63) is 50.8 Å². The standard InChI is InChI=1S/C18H19N5O2/c19-8-1-2-11-3-5-12(6-4-11)23-15-13-7-9-20-16(13)21-10-14(15)17(24)22-18(23)25/h1-2,7,9,11-12,20-21H,3-6,10H2,(H,22,24,25)/b2-1+. The van der Waals surface area contributed by atoms with Gasteiger partial charge >= 0.3 is 5.69 Å². The van der Waals surface area contributed by atoms with Crippen molar-refractivity contribution in [2.45, 2.75) is 38.3 Å². The number of nitrogens with one attached hydrogen (secondary N) is 3. The summed E-state index contributed by atoms with van der Waals surface area (Å²) in [7, 11) is 0. The van der Waals surface area contributed by atoms with E-state index in [4.69, 9.17) is 5.26 Å². The number of rotatable bonds is 2. The fourth-order valence-electron chi connectivity index (χ4n) is 4.01. The van der Waals surface area contributed by atoms with Gasteiger partial charge in [-0.2, -0.15) is 5.26 Å². The molecular weight excluding hydrogens is 318 g/mol. The van der Waals surface area contributed by atoms with Gasteiger partial charge < -0.3 is 10.3 Å². The van der Waals surface area contributed by atoms with Crippen LogP contribution in [0.15, 0.2) is 34.0 Å². The Hall–Kier alpha value is -3.01. The van der Waals surface area contributed by atoms with Crippen LogP contribution in [0, 0.1) is 17.2 Å². The van der Waals surface area contributed by atoms with E-state index in [0.29, 0.717) is 18.0 Å². The highest BCUT2D eigenvalue weighted by atomic mass is 16.2. The molecule has 7 heteroatoms. The first-order chi connectivity index (χ1) is 12.2. The van der Waals surface area contributed by atoms with Crippen LogP contribution in [0.4, 0.5) is 5.82 Å². The SMILES string of the molecule is N#C/C=C/C1CCC(n2c3c(c(=O)[nH]c2=O)CNc2[nH]ccc2-3)CC1. The van der Waals surface area contributed by atoms with Crippen LogP contribution >= 0.6 is 0 Å². The Morgan fingerprint density at radius 2 is 2.04 bits per heavy atom. The second-order valence-electron chi connectivity index (χ2n) is 6.63. The minimum Gasteiger partial charge on any atom is -0.367 e. The van der Waals surface area contributed by atoms with Crippen molar-refractivity contribution in [3.63, 3.8) is 0 Å². The van der Waals surface area contributed by atoms with Gasteiger partial charge in [-0.3, -0.25) is 14.3 Å². The Balaban J connectivity index is 1.75. The highest BCUT2D eigenvalue weighted by Gasteiger charge is 2.29. The lowest BCUT2D eigenvalue weighted by Gasteiger charge is -2.31. The zero-order valence-corrected chi connectivity index (χ0v) is 13.7. The Morgan fingerprint density at radius 1 is 1.24 bits per heavy atom. The van der Waals surface area contributed by atoms with Crippen LogP contribution in [-0.2, 0) is 6.54 Å². The summed E-state index contributed by atoms with van der Waals surface area (Å²) >= 11 is 0. The molecule has 3 N–H and O–H groups in total. The highest BCUT2D eigenvalue weighted by molar-refractivity contribution is 5.78. The normalized spacial score (nSPS) is 22.0. The van der Waals surface area contributed by atoms with Crippen molar-refractivity contribution in [2.24, 2.45) is 5.92 Å². The van der Waals surface area contributed by atoms with Crippen LogP contribution in [0.25, 0.3) is 11.3 Å². The van der Waals surface area contributed by atoms with Crippen molar-refractivity contribution in [1.82, 2.24) is 14.5 Å². The second kappa shape index (κ2) is 6.13. The Labute approximate surface area is 144 Å². The van der Waals surface area contributed by atoms with E-state index in [1.54, 1.807) is 4.57 Å². The molecule has 0 unspecified atom stereocenters. The van der Waals surface area contributed by atoms with E-state index in [0.717, 1.165) is 42.8 Å². The molecule has 2 aromatic rings. The first-order valence-electron chi connectivity index (χ1n) is 8.54. The van der Waals surface area contributed by atoms with Gasteiger partial charge in [0, 0.05) is 30.4 Å². The first-order valence-corrected chi connectivity index (χ1v) is 8.54.